The first-order valence-corrected chi connectivity index (χ1v) is 2.90. The number of hydrogen-bond acceptors (Lipinski definition) is 2. The maximum Gasteiger partial charge on any atom is 0.418 e. The second kappa shape index (κ2) is 4.13. The Morgan fingerprint density at radius 2 is 2.44 bits per heavy atom. The molecule has 0 aliphatic heterocycles. The van der Waals surface area contributed by atoms with E-state index in [-0.39, 0.29) is 6.10 Å². The normalized spacial score (nSPS) is 12.2. The van der Waals surface area contributed by atoms with Crippen molar-refractivity contribution < 1.29 is 9.53 Å². The van der Waals surface area contributed by atoms with Crippen LogP contribution in [0.15, 0.2) is 12.2 Å². The molecule has 0 aromatic rings. The van der Waals surface area contributed by atoms with E-state index >= 15 is 0 Å². The molecule has 0 fully saturated rings. The van der Waals surface area contributed by atoms with E-state index in [1.165, 1.54) is 6.47 Å². The molecule has 0 heterocycles. The van der Waals surface area contributed by atoms with Crippen LogP contribution in [0.1, 0.15) is 20.3 Å². The predicted molar refractivity (Wildman–Crippen MR) is 35.7 cm³/mol. The van der Waals surface area contributed by atoms with Crippen LogP contribution in [0.3, 0.4) is 0 Å². The van der Waals surface area contributed by atoms with Crippen LogP contribution in [0.5, 0.6) is 0 Å². The summed E-state index contributed by atoms with van der Waals surface area (Å²) in [7, 11) is 0. The second-order valence-electron chi connectivity index (χ2n) is 1.94. The molecule has 0 amide bonds. The molecule has 2 nitrogen and oxygen atoms in total. The molecule has 0 bridgehead atoms. The first kappa shape index (κ1) is 8.21. The quantitative estimate of drug-likeness (QED) is 0.534. The maximum atomic E-state index is 9.69. The molecule has 1 unspecified atom stereocenters. The van der Waals surface area contributed by atoms with Gasteiger partial charge < -0.3 is 4.74 Å². The van der Waals surface area contributed by atoms with Gasteiger partial charge in [0.2, 0.25) is 0 Å². The van der Waals surface area contributed by atoms with Crippen LogP contribution in [0.2, 0.25) is 0 Å². The van der Waals surface area contributed by atoms with E-state index in [0.717, 1.165) is 12.0 Å². The Kier molecular flexibility index (Phi) is 3.76. The van der Waals surface area contributed by atoms with Crippen LogP contribution in [-0.2, 0) is 9.53 Å². The zero-order chi connectivity index (χ0) is 7.28. The SMILES string of the molecule is C=C(C)C(CC)O[C]=O. The summed E-state index contributed by atoms with van der Waals surface area (Å²) in [6.07, 6.45) is 0.618. The average molecular weight is 127 g/mol. The monoisotopic (exact) mass is 127 g/mol. The topological polar surface area (TPSA) is 26.3 Å². The highest BCUT2D eigenvalue weighted by Gasteiger charge is 2.05. The predicted octanol–water partition coefficient (Wildman–Crippen LogP) is 1.42. The zero-order valence-electron chi connectivity index (χ0n) is 5.81. The van der Waals surface area contributed by atoms with E-state index < -0.39 is 0 Å². The van der Waals surface area contributed by atoms with Gasteiger partial charge in [-0.15, -0.1) is 0 Å². The molecule has 0 saturated heterocycles. The highest BCUT2D eigenvalue weighted by Crippen LogP contribution is 2.05. The van der Waals surface area contributed by atoms with E-state index in [1.807, 2.05) is 13.8 Å². The van der Waals surface area contributed by atoms with Gasteiger partial charge in [-0.3, -0.25) is 0 Å². The molecule has 0 aromatic heterocycles. The van der Waals surface area contributed by atoms with Gasteiger partial charge in [0.1, 0.15) is 6.10 Å². The van der Waals surface area contributed by atoms with E-state index in [9.17, 15) is 4.79 Å². The Morgan fingerprint density at radius 1 is 1.89 bits per heavy atom. The largest absolute Gasteiger partial charge is 0.449 e. The molecule has 1 radical (unpaired) electrons. The lowest BCUT2D eigenvalue weighted by Crippen LogP contribution is -2.10. The Morgan fingerprint density at radius 3 is 2.56 bits per heavy atom. The maximum absolute atomic E-state index is 9.69. The molecule has 51 valence electrons. The van der Waals surface area contributed by atoms with Gasteiger partial charge in [0, 0.05) is 0 Å². The van der Waals surface area contributed by atoms with Crippen molar-refractivity contribution in [3.8, 4) is 0 Å². The van der Waals surface area contributed by atoms with Crippen molar-refractivity contribution >= 4 is 6.47 Å². The van der Waals surface area contributed by atoms with Gasteiger partial charge >= 0.3 is 6.47 Å². The van der Waals surface area contributed by atoms with E-state index in [1.54, 1.807) is 0 Å². The standard InChI is InChI=1S/C7H11O2/c1-4-7(6(2)3)9-5-8/h7H,2,4H2,1,3H3. The van der Waals surface area contributed by atoms with Crippen LogP contribution in [0, 0.1) is 0 Å². The van der Waals surface area contributed by atoms with Gasteiger partial charge in [-0.25, -0.2) is 4.79 Å². The summed E-state index contributed by atoms with van der Waals surface area (Å²) in [5, 5.41) is 0. The summed E-state index contributed by atoms with van der Waals surface area (Å²) in [5.41, 5.74) is 0.862. The first-order valence-electron chi connectivity index (χ1n) is 2.90. The van der Waals surface area contributed by atoms with Crippen LogP contribution < -0.4 is 0 Å². The van der Waals surface area contributed by atoms with Crippen molar-refractivity contribution in [1.29, 1.82) is 0 Å². The van der Waals surface area contributed by atoms with Gasteiger partial charge in [-0.05, 0) is 18.9 Å². The summed E-state index contributed by atoms with van der Waals surface area (Å²) >= 11 is 0. The summed E-state index contributed by atoms with van der Waals surface area (Å²) in [6.45, 7) is 8.78. The van der Waals surface area contributed by atoms with Gasteiger partial charge in [-0.1, -0.05) is 13.5 Å². The Bertz CT molecular complexity index is 107. The number of hydrogen-bond donors (Lipinski definition) is 0. The fourth-order valence-corrected chi connectivity index (χ4v) is 0.590. The van der Waals surface area contributed by atoms with E-state index in [4.69, 9.17) is 0 Å². The smallest absolute Gasteiger partial charge is 0.418 e. The minimum Gasteiger partial charge on any atom is -0.449 e. The Labute approximate surface area is 55.5 Å². The molecule has 2 heteroatoms. The van der Waals surface area contributed by atoms with Crippen molar-refractivity contribution in [2.45, 2.75) is 26.4 Å². The lowest BCUT2D eigenvalue weighted by atomic mass is 10.1. The van der Waals surface area contributed by atoms with Crippen LogP contribution >= 0.6 is 0 Å². The van der Waals surface area contributed by atoms with E-state index in [2.05, 4.69) is 11.3 Å². The van der Waals surface area contributed by atoms with Crippen LogP contribution in [-0.4, -0.2) is 12.6 Å². The molecule has 0 saturated carbocycles. The number of rotatable bonds is 4. The summed E-state index contributed by atoms with van der Waals surface area (Å²) in [5.74, 6) is 0. The fourth-order valence-electron chi connectivity index (χ4n) is 0.590. The van der Waals surface area contributed by atoms with E-state index in [0.29, 0.717) is 0 Å². The zero-order valence-corrected chi connectivity index (χ0v) is 5.81. The molecule has 0 N–H and O–H groups in total. The van der Waals surface area contributed by atoms with Gasteiger partial charge in [-0.2, -0.15) is 0 Å². The minimum atomic E-state index is -0.150. The minimum absolute atomic E-state index is 0.150. The van der Waals surface area contributed by atoms with Crippen LogP contribution in [0.4, 0.5) is 0 Å². The Balaban J connectivity index is 3.67. The highest BCUT2D eigenvalue weighted by atomic mass is 16.5. The average Bonchev–Trinajstić information content (AvgIpc) is 1.82. The van der Waals surface area contributed by atoms with Gasteiger partial charge in [0.05, 0.1) is 0 Å². The molecule has 9 heavy (non-hydrogen) atoms. The molecule has 0 aromatic carbocycles. The molecular formula is C7H11O2. The molecule has 0 aliphatic rings. The van der Waals surface area contributed by atoms with Crippen molar-refractivity contribution in [2.75, 3.05) is 0 Å². The van der Waals surface area contributed by atoms with Crippen LogP contribution in [0.25, 0.3) is 0 Å². The summed E-state index contributed by atoms with van der Waals surface area (Å²) in [4.78, 5) is 9.69. The lowest BCUT2D eigenvalue weighted by Gasteiger charge is -2.10. The molecule has 0 aliphatic carbocycles. The summed E-state index contributed by atoms with van der Waals surface area (Å²) in [6, 6.07) is 0. The Hall–Kier alpha value is -0.790. The van der Waals surface area contributed by atoms with Gasteiger partial charge in [0.15, 0.2) is 0 Å². The molecular weight excluding hydrogens is 116 g/mol. The number of carbonyl (C=O) groups excluding carboxylic acids is 1. The molecule has 0 rings (SSSR count). The number of ether oxygens (including phenoxy) is 1. The van der Waals surface area contributed by atoms with Crippen molar-refractivity contribution in [2.24, 2.45) is 0 Å². The molecule has 0 spiro atoms. The second-order valence-corrected chi connectivity index (χ2v) is 1.94. The van der Waals surface area contributed by atoms with Crippen molar-refractivity contribution in [1.82, 2.24) is 0 Å². The van der Waals surface area contributed by atoms with Gasteiger partial charge in [0.25, 0.3) is 0 Å². The summed E-state index contributed by atoms with van der Waals surface area (Å²) < 4.78 is 4.55. The highest BCUT2D eigenvalue weighted by molar-refractivity contribution is 5.39. The third kappa shape index (κ3) is 2.90. The van der Waals surface area contributed by atoms with Crippen molar-refractivity contribution in [3.05, 3.63) is 12.2 Å². The third-order valence-electron chi connectivity index (χ3n) is 1.11. The van der Waals surface area contributed by atoms with Crippen molar-refractivity contribution in [3.63, 3.8) is 0 Å². The lowest BCUT2D eigenvalue weighted by molar-refractivity contribution is 0.205. The molecule has 1 atom stereocenters. The third-order valence-corrected chi connectivity index (χ3v) is 1.11. The first-order chi connectivity index (χ1) is 4.22. The fraction of sp³-hybridized carbons (Fsp3) is 0.571.